The van der Waals surface area contributed by atoms with Crippen molar-refractivity contribution in [1.82, 2.24) is 10.3 Å². The molecule has 0 saturated carbocycles. The van der Waals surface area contributed by atoms with Crippen LogP contribution in [0.15, 0.2) is 5.38 Å². The Labute approximate surface area is 84.4 Å². The molecular formula is C10H18N2S. The van der Waals surface area contributed by atoms with Crippen molar-refractivity contribution in [2.75, 3.05) is 7.05 Å². The highest BCUT2D eigenvalue weighted by atomic mass is 32.1. The molecule has 2 atom stereocenters. The predicted molar refractivity (Wildman–Crippen MR) is 58.2 cm³/mol. The van der Waals surface area contributed by atoms with E-state index in [1.165, 1.54) is 10.7 Å². The molecular weight excluding hydrogens is 180 g/mol. The Morgan fingerprint density at radius 2 is 2.23 bits per heavy atom. The summed E-state index contributed by atoms with van der Waals surface area (Å²) in [6, 6.07) is 0.557. The van der Waals surface area contributed by atoms with Crippen molar-refractivity contribution in [3.63, 3.8) is 0 Å². The van der Waals surface area contributed by atoms with Crippen LogP contribution in [0.5, 0.6) is 0 Å². The second-order valence-electron chi connectivity index (χ2n) is 3.62. The largest absolute Gasteiger partial charge is 0.317 e. The molecule has 0 spiro atoms. The van der Waals surface area contributed by atoms with E-state index in [4.69, 9.17) is 0 Å². The van der Waals surface area contributed by atoms with Gasteiger partial charge < -0.3 is 5.32 Å². The van der Waals surface area contributed by atoms with Crippen LogP contribution in [-0.4, -0.2) is 18.1 Å². The van der Waals surface area contributed by atoms with E-state index in [0.717, 1.165) is 6.42 Å². The smallest absolute Gasteiger partial charge is 0.0897 e. The molecule has 0 bridgehead atoms. The van der Waals surface area contributed by atoms with Crippen LogP contribution in [-0.2, 0) is 6.42 Å². The summed E-state index contributed by atoms with van der Waals surface area (Å²) in [5.41, 5.74) is 1.23. The summed E-state index contributed by atoms with van der Waals surface area (Å²) in [5.74, 6) is 0.645. The van der Waals surface area contributed by atoms with E-state index in [1.807, 2.05) is 7.05 Å². The predicted octanol–water partition coefficient (Wildman–Crippen LogP) is 2.24. The standard InChI is InChI=1S/C10H18N2S/c1-7(8(2)11-4)5-10-6-13-9(3)12-10/h6-8,11H,5H2,1-4H3. The average Bonchev–Trinajstić information content (AvgIpc) is 2.49. The summed E-state index contributed by atoms with van der Waals surface area (Å²) >= 11 is 1.73. The monoisotopic (exact) mass is 198 g/mol. The fraction of sp³-hybridized carbons (Fsp3) is 0.700. The van der Waals surface area contributed by atoms with Gasteiger partial charge in [0.05, 0.1) is 10.7 Å². The van der Waals surface area contributed by atoms with Gasteiger partial charge in [0.1, 0.15) is 0 Å². The first-order chi connectivity index (χ1) is 6.13. The quantitative estimate of drug-likeness (QED) is 0.802. The minimum absolute atomic E-state index is 0.557. The minimum atomic E-state index is 0.557. The summed E-state index contributed by atoms with van der Waals surface area (Å²) in [6.07, 6.45) is 1.08. The number of aryl methyl sites for hydroxylation is 1. The highest BCUT2D eigenvalue weighted by Crippen LogP contribution is 2.14. The molecule has 3 heteroatoms. The second kappa shape index (κ2) is 4.72. The molecule has 0 aliphatic carbocycles. The zero-order valence-corrected chi connectivity index (χ0v) is 9.61. The summed E-state index contributed by atoms with van der Waals surface area (Å²) in [6.45, 7) is 6.53. The summed E-state index contributed by atoms with van der Waals surface area (Å²) in [4.78, 5) is 4.46. The Hall–Kier alpha value is -0.410. The zero-order valence-electron chi connectivity index (χ0n) is 8.79. The van der Waals surface area contributed by atoms with Crippen molar-refractivity contribution in [2.45, 2.75) is 33.2 Å². The van der Waals surface area contributed by atoms with E-state index < -0.39 is 0 Å². The molecule has 1 rings (SSSR count). The molecule has 13 heavy (non-hydrogen) atoms. The first-order valence-corrected chi connectivity index (χ1v) is 5.59. The molecule has 0 fully saturated rings. The summed E-state index contributed by atoms with van der Waals surface area (Å²) in [5, 5.41) is 6.59. The van der Waals surface area contributed by atoms with E-state index in [0.29, 0.717) is 12.0 Å². The maximum atomic E-state index is 4.46. The van der Waals surface area contributed by atoms with Crippen LogP contribution in [0.2, 0.25) is 0 Å². The van der Waals surface area contributed by atoms with Crippen LogP contribution in [0.3, 0.4) is 0 Å². The van der Waals surface area contributed by atoms with Crippen molar-refractivity contribution in [2.24, 2.45) is 5.92 Å². The molecule has 2 unspecified atom stereocenters. The number of rotatable bonds is 4. The Kier molecular flexibility index (Phi) is 3.88. The molecule has 0 aliphatic rings. The summed E-state index contributed by atoms with van der Waals surface area (Å²) < 4.78 is 0. The molecule has 1 N–H and O–H groups in total. The van der Waals surface area contributed by atoms with E-state index in [9.17, 15) is 0 Å². The van der Waals surface area contributed by atoms with Gasteiger partial charge in [-0.25, -0.2) is 4.98 Å². The van der Waals surface area contributed by atoms with Crippen molar-refractivity contribution in [1.29, 1.82) is 0 Å². The third-order valence-corrected chi connectivity index (χ3v) is 3.33. The Morgan fingerprint density at radius 3 is 2.69 bits per heavy atom. The molecule has 0 aliphatic heterocycles. The number of thiazole rings is 1. The first-order valence-electron chi connectivity index (χ1n) is 4.71. The molecule has 1 aromatic rings. The van der Waals surface area contributed by atoms with Crippen molar-refractivity contribution in [3.05, 3.63) is 16.1 Å². The van der Waals surface area contributed by atoms with E-state index in [-0.39, 0.29) is 0 Å². The topological polar surface area (TPSA) is 24.9 Å². The van der Waals surface area contributed by atoms with Gasteiger partial charge in [0.2, 0.25) is 0 Å². The first kappa shape index (κ1) is 10.7. The molecule has 1 heterocycles. The molecule has 1 aromatic heterocycles. The number of aromatic nitrogens is 1. The van der Waals surface area contributed by atoms with Gasteiger partial charge in [-0.15, -0.1) is 11.3 Å². The van der Waals surface area contributed by atoms with Gasteiger partial charge in [-0.2, -0.15) is 0 Å². The number of nitrogens with zero attached hydrogens (tertiary/aromatic N) is 1. The van der Waals surface area contributed by atoms with Crippen LogP contribution in [0.1, 0.15) is 24.5 Å². The minimum Gasteiger partial charge on any atom is -0.317 e. The van der Waals surface area contributed by atoms with Gasteiger partial charge in [-0.3, -0.25) is 0 Å². The highest BCUT2D eigenvalue weighted by molar-refractivity contribution is 7.09. The van der Waals surface area contributed by atoms with Crippen LogP contribution in [0.4, 0.5) is 0 Å². The SMILES string of the molecule is CNC(C)C(C)Cc1csc(C)n1. The van der Waals surface area contributed by atoms with Gasteiger partial charge in [0.25, 0.3) is 0 Å². The van der Waals surface area contributed by atoms with E-state index in [1.54, 1.807) is 11.3 Å². The van der Waals surface area contributed by atoms with Crippen LogP contribution >= 0.6 is 11.3 Å². The second-order valence-corrected chi connectivity index (χ2v) is 4.68. The highest BCUT2D eigenvalue weighted by Gasteiger charge is 2.11. The Bertz CT molecular complexity index is 257. The number of nitrogens with one attached hydrogen (secondary N) is 1. The molecule has 74 valence electrons. The maximum absolute atomic E-state index is 4.46. The Morgan fingerprint density at radius 1 is 1.54 bits per heavy atom. The lowest BCUT2D eigenvalue weighted by Gasteiger charge is -2.17. The van der Waals surface area contributed by atoms with Crippen molar-refractivity contribution >= 4 is 11.3 Å². The third kappa shape index (κ3) is 3.08. The lowest BCUT2D eigenvalue weighted by Crippen LogP contribution is -2.29. The zero-order chi connectivity index (χ0) is 9.84. The number of hydrogen-bond acceptors (Lipinski definition) is 3. The molecule has 0 saturated heterocycles. The number of hydrogen-bond donors (Lipinski definition) is 1. The third-order valence-electron chi connectivity index (χ3n) is 2.51. The van der Waals surface area contributed by atoms with E-state index in [2.05, 4.69) is 36.5 Å². The normalized spacial score (nSPS) is 15.7. The fourth-order valence-corrected chi connectivity index (χ4v) is 1.92. The summed E-state index contributed by atoms with van der Waals surface area (Å²) in [7, 11) is 2.01. The van der Waals surface area contributed by atoms with Gasteiger partial charge >= 0.3 is 0 Å². The van der Waals surface area contributed by atoms with Crippen LogP contribution in [0, 0.1) is 12.8 Å². The van der Waals surface area contributed by atoms with Crippen LogP contribution < -0.4 is 5.32 Å². The molecule has 0 aromatic carbocycles. The lowest BCUT2D eigenvalue weighted by atomic mass is 9.99. The fourth-order valence-electron chi connectivity index (χ4n) is 1.29. The van der Waals surface area contributed by atoms with Crippen molar-refractivity contribution in [3.8, 4) is 0 Å². The lowest BCUT2D eigenvalue weighted by molar-refractivity contribution is 0.421. The van der Waals surface area contributed by atoms with Gasteiger partial charge in [0, 0.05) is 11.4 Å². The Balaban J connectivity index is 2.49. The molecule has 2 nitrogen and oxygen atoms in total. The molecule has 0 radical (unpaired) electrons. The average molecular weight is 198 g/mol. The van der Waals surface area contributed by atoms with Crippen molar-refractivity contribution < 1.29 is 0 Å². The maximum Gasteiger partial charge on any atom is 0.0897 e. The van der Waals surface area contributed by atoms with Crippen LogP contribution in [0.25, 0.3) is 0 Å². The van der Waals surface area contributed by atoms with E-state index >= 15 is 0 Å². The molecule has 0 amide bonds. The van der Waals surface area contributed by atoms with Gasteiger partial charge in [-0.1, -0.05) is 6.92 Å². The van der Waals surface area contributed by atoms with Gasteiger partial charge in [0.15, 0.2) is 0 Å². The van der Waals surface area contributed by atoms with Gasteiger partial charge in [-0.05, 0) is 33.2 Å².